The third-order valence-electron chi connectivity index (χ3n) is 2.53. The van der Waals surface area contributed by atoms with Gasteiger partial charge in [0, 0.05) is 28.5 Å². The highest BCUT2D eigenvalue weighted by Gasteiger charge is 2.48. The van der Waals surface area contributed by atoms with E-state index in [1.54, 1.807) is 32.0 Å². The number of fused-ring (bicyclic) bond motifs is 1. The van der Waals surface area contributed by atoms with Crippen LogP contribution >= 0.6 is 22.1 Å². The summed E-state index contributed by atoms with van der Waals surface area (Å²) in [6, 6.07) is 6.35. The minimum atomic E-state index is -4.23. The molecular weight excluding hydrogens is 349 g/mol. The summed E-state index contributed by atoms with van der Waals surface area (Å²) in [5.41, 5.74) is -4.23. The van der Waals surface area contributed by atoms with E-state index in [0.717, 1.165) is 0 Å². The Bertz CT molecular complexity index is 560. The second-order valence-electron chi connectivity index (χ2n) is 4.14. The van der Waals surface area contributed by atoms with E-state index in [0.29, 0.717) is 20.0 Å². The molecule has 0 fully saturated rings. The lowest BCUT2D eigenvalue weighted by Gasteiger charge is -2.02. The van der Waals surface area contributed by atoms with E-state index in [1.165, 1.54) is 6.07 Å². The average Bonchev–Trinajstić information content (AvgIpc) is 2.55. The largest absolute Gasteiger partial charge is 1.00 e. The molecule has 2 rings (SSSR count). The number of hydrogen-bond acceptors (Lipinski definition) is 0. The first kappa shape index (κ1) is 15.8. The molecule has 6 heteroatoms. The van der Waals surface area contributed by atoms with Crippen molar-refractivity contribution in [3.05, 3.63) is 34.2 Å². The van der Waals surface area contributed by atoms with Gasteiger partial charge in [0.25, 0.3) is 0 Å². The van der Waals surface area contributed by atoms with Gasteiger partial charge < -0.3 is 17.0 Å². The summed E-state index contributed by atoms with van der Waals surface area (Å²) < 4.78 is 39.6. The van der Waals surface area contributed by atoms with Crippen molar-refractivity contribution in [3.8, 4) is 0 Å². The highest BCUT2D eigenvalue weighted by Crippen LogP contribution is 2.53. The maximum atomic E-state index is 13.1. The number of alkyl halides is 3. The molecule has 1 aromatic carbocycles. The third kappa shape index (κ3) is 2.83. The lowest BCUT2D eigenvalue weighted by Crippen LogP contribution is -3.00. The van der Waals surface area contributed by atoms with Gasteiger partial charge in [-0.25, -0.2) is 0 Å². The number of thiophene rings is 1. The van der Waals surface area contributed by atoms with Crippen LogP contribution in [0.2, 0.25) is 5.02 Å². The molecule has 2 aromatic rings. The molecule has 1 atom stereocenters. The molecule has 100 valence electrons. The SMILES string of the molecule is CC(C)c1cc2ccc(Cl)cc2[s+]1C(F)(F)F.[Br-]. The van der Waals surface area contributed by atoms with Crippen LogP contribution in [0.5, 0.6) is 0 Å². The molecule has 0 bridgehead atoms. The van der Waals surface area contributed by atoms with Gasteiger partial charge in [0.2, 0.25) is 0 Å². The Hall–Kier alpha value is -0.260. The van der Waals surface area contributed by atoms with Crippen LogP contribution in [0.15, 0.2) is 24.3 Å². The minimum absolute atomic E-state index is 0. The zero-order valence-electron chi connectivity index (χ0n) is 9.68. The van der Waals surface area contributed by atoms with Crippen LogP contribution in [0.3, 0.4) is 0 Å². The molecule has 0 spiro atoms. The summed E-state index contributed by atoms with van der Waals surface area (Å²) in [6.07, 6.45) is 0. The standard InChI is InChI=1S/C12H11ClF3S.BrH/c1-7(2)10-5-8-3-4-9(13)6-11(8)17(10)12(14,15)16;/h3-7H,1-2H3;1H/q+1;/p-1. The van der Waals surface area contributed by atoms with Gasteiger partial charge in [-0.2, -0.15) is 0 Å². The van der Waals surface area contributed by atoms with E-state index in [9.17, 15) is 13.2 Å². The van der Waals surface area contributed by atoms with Crippen molar-refractivity contribution in [1.82, 2.24) is 0 Å². The Kier molecular flexibility index (Phi) is 4.73. The summed E-state index contributed by atoms with van der Waals surface area (Å²) in [7, 11) is -1.82. The van der Waals surface area contributed by atoms with Crippen LogP contribution in [-0.2, 0) is 5.51 Å². The average molecular weight is 360 g/mol. The van der Waals surface area contributed by atoms with E-state index in [-0.39, 0.29) is 22.9 Å². The van der Waals surface area contributed by atoms with Crippen LogP contribution in [0.25, 0.3) is 10.1 Å². The van der Waals surface area contributed by atoms with Gasteiger partial charge in [0.15, 0.2) is 9.58 Å². The summed E-state index contributed by atoms with van der Waals surface area (Å²) in [4.78, 5) is 0.440. The molecule has 18 heavy (non-hydrogen) atoms. The topological polar surface area (TPSA) is 0 Å². The van der Waals surface area contributed by atoms with Crippen LogP contribution in [0.1, 0.15) is 24.6 Å². The molecule has 0 saturated heterocycles. The lowest BCUT2D eigenvalue weighted by atomic mass is 10.1. The summed E-state index contributed by atoms with van der Waals surface area (Å²) in [5, 5.41) is 0.989. The van der Waals surface area contributed by atoms with Gasteiger partial charge >= 0.3 is 5.51 Å². The molecule has 1 heterocycles. The first-order valence-corrected chi connectivity index (χ1v) is 6.73. The quantitative estimate of drug-likeness (QED) is 0.687. The van der Waals surface area contributed by atoms with E-state index < -0.39 is 16.0 Å². The highest BCUT2D eigenvalue weighted by atomic mass is 79.9. The molecule has 0 aliphatic heterocycles. The Morgan fingerprint density at radius 2 is 1.78 bits per heavy atom. The summed E-state index contributed by atoms with van der Waals surface area (Å²) in [6.45, 7) is 3.57. The number of rotatable bonds is 1. The van der Waals surface area contributed by atoms with E-state index in [1.807, 2.05) is 0 Å². The fourth-order valence-corrected chi connectivity index (χ4v) is 4.14. The second kappa shape index (κ2) is 5.39. The molecule has 0 aliphatic rings. The zero-order valence-corrected chi connectivity index (χ0v) is 12.8. The van der Waals surface area contributed by atoms with Crippen molar-refractivity contribution >= 4 is 32.2 Å². The van der Waals surface area contributed by atoms with E-state index in [4.69, 9.17) is 11.6 Å². The maximum Gasteiger partial charge on any atom is 0.600 e. The van der Waals surface area contributed by atoms with E-state index in [2.05, 4.69) is 0 Å². The van der Waals surface area contributed by atoms with Gasteiger partial charge in [-0.3, -0.25) is 0 Å². The molecule has 0 saturated carbocycles. The summed E-state index contributed by atoms with van der Waals surface area (Å²) >= 11 is 5.78. The molecule has 1 unspecified atom stereocenters. The van der Waals surface area contributed by atoms with Crippen molar-refractivity contribution < 1.29 is 30.2 Å². The van der Waals surface area contributed by atoms with Gasteiger partial charge in [-0.1, -0.05) is 25.4 Å². The minimum Gasteiger partial charge on any atom is -1.00 e. The number of hydrogen-bond donors (Lipinski definition) is 0. The highest BCUT2D eigenvalue weighted by molar-refractivity contribution is 7.38. The smallest absolute Gasteiger partial charge is 0.600 e. The molecule has 0 nitrogen and oxygen atoms in total. The van der Waals surface area contributed by atoms with Crippen molar-refractivity contribution in [2.75, 3.05) is 0 Å². The fraction of sp³-hybridized carbons (Fsp3) is 0.333. The van der Waals surface area contributed by atoms with Crippen LogP contribution in [0, 0.1) is 0 Å². The molecule has 0 N–H and O–H groups in total. The fourth-order valence-electron chi connectivity index (χ4n) is 1.80. The molecule has 1 aromatic heterocycles. The van der Waals surface area contributed by atoms with Gasteiger partial charge in [-0.05, 0) is 12.1 Å². The Balaban J connectivity index is 0.00000162. The van der Waals surface area contributed by atoms with Crippen LogP contribution in [0.4, 0.5) is 13.2 Å². The summed E-state index contributed by atoms with van der Waals surface area (Å²) in [5.74, 6) is -0.119. The monoisotopic (exact) mass is 358 g/mol. The molecular formula is C12H11BrClF3S. The lowest BCUT2D eigenvalue weighted by molar-refractivity contribution is -0.0868. The number of halogens is 5. The van der Waals surface area contributed by atoms with Gasteiger partial charge in [0.1, 0.15) is 0 Å². The maximum absolute atomic E-state index is 13.1. The van der Waals surface area contributed by atoms with Crippen molar-refractivity contribution in [1.29, 1.82) is 0 Å². The van der Waals surface area contributed by atoms with Crippen molar-refractivity contribution in [3.63, 3.8) is 0 Å². The first-order valence-electron chi connectivity index (χ1n) is 5.13. The Morgan fingerprint density at radius 1 is 1.17 bits per heavy atom. The third-order valence-corrected chi connectivity index (χ3v) is 5.08. The zero-order chi connectivity index (χ0) is 12.8. The predicted octanol–water partition coefficient (Wildman–Crippen LogP) is 2.85. The molecule has 0 amide bonds. The van der Waals surface area contributed by atoms with Crippen LogP contribution < -0.4 is 17.0 Å². The Labute approximate surface area is 121 Å². The second-order valence-corrected chi connectivity index (χ2v) is 6.56. The first-order chi connectivity index (χ1) is 7.80. The predicted molar refractivity (Wildman–Crippen MR) is 66.8 cm³/mol. The normalized spacial score (nSPS) is 12.9. The molecule has 0 aliphatic carbocycles. The van der Waals surface area contributed by atoms with Gasteiger partial charge in [0.05, 0.1) is 10.5 Å². The van der Waals surface area contributed by atoms with Crippen LogP contribution in [-0.4, -0.2) is 0 Å². The van der Waals surface area contributed by atoms with Crippen molar-refractivity contribution in [2.45, 2.75) is 25.3 Å². The molecule has 0 radical (unpaired) electrons. The van der Waals surface area contributed by atoms with E-state index >= 15 is 0 Å². The van der Waals surface area contributed by atoms with Crippen molar-refractivity contribution in [2.24, 2.45) is 0 Å². The van der Waals surface area contributed by atoms with Gasteiger partial charge in [-0.15, -0.1) is 13.2 Å². The Morgan fingerprint density at radius 3 is 2.28 bits per heavy atom. The number of benzene rings is 1.